The largest absolute Gasteiger partial charge is 0.381 e. The fourth-order valence-corrected chi connectivity index (χ4v) is 5.18. The van der Waals surface area contributed by atoms with Crippen molar-refractivity contribution in [2.75, 3.05) is 52.5 Å². The molecular weight excluding hydrogens is 350 g/mol. The van der Waals surface area contributed by atoms with Gasteiger partial charge >= 0.3 is 6.03 Å². The van der Waals surface area contributed by atoms with Gasteiger partial charge in [0.15, 0.2) is 0 Å². The minimum Gasteiger partial charge on any atom is -0.381 e. The molecule has 0 aromatic heterocycles. The quantitative estimate of drug-likeness (QED) is 0.863. The Bertz CT molecular complexity index is 620. The molecule has 3 fully saturated rings. The first-order valence-electron chi connectivity index (χ1n) is 11.1. The van der Waals surface area contributed by atoms with E-state index in [1.807, 2.05) is 4.90 Å². The summed E-state index contributed by atoms with van der Waals surface area (Å²) in [7, 11) is 0. The Morgan fingerprint density at radius 3 is 2.57 bits per heavy atom. The molecule has 154 valence electrons. The SMILES string of the molecule is O=C(NCCN1CCC[C@@H](c2ccccc2)C1)N1CCC2(CCOCC2)CC1. The van der Waals surface area contributed by atoms with Crippen LogP contribution in [-0.2, 0) is 4.74 Å². The van der Waals surface area contributed by atoms with Gasteiger partial charge in [0.2, 0.25) is 0 Å². The smallest absolute Gasteiger partial charge is 0.317 e. The number of carbonyl (C=O) groups excluding carboxylic acids is 1. The van der Waals surface area contributed by atoms with Gasteiger partial charge in [0, 0.05) is 45.9 Å². The van der Waals surface area contributed by atoms with E-state index in [1.54, 1.807) is 0 Å². The molecule has 1 spiro atoms. The molecule has 4 rings (SSSR count). The zero-order chi connectivity index (χ0) is 19.2. The van der Waals surface area contributed by atoms with Crippen molar-refractivity contribution in [2.24, 2.45) is 5.41 Å². The van der Waals surface area contributed by atoms with Crippen molar-refractivity contribution in [3.63, 3.8) is 0 Å². The van der Waals surface area contributed by atoms with Crippen LogP contribution >= 0.6 is 0 Å². The number of benzene rings is 1. The summed E-state index contributed by atoms with van der Waals surface area (Å²) in [5.41, 5.74) is 1.89. The maximum atomic E-state index is 12.6. The number of amides is 2. The molecule has 0 bridgehead atoms. The first-order chi connectivity index (χ1) is 13.7. The van der Waals surface area contributed by atoms with Crippen molar-refractivity contribution >= 4 is 6.03 Å². The van der Waals surface area contributed by atoms with Crippen LogP contribution in [0.5, 0.6) is 0 Å². The van der Waals surface area contributed by atoms with Crippen LogP contribution < -0.4 is 5.32 Å². The van der Waals surface area contributed by atoms with Crippen LogP contribution in [0, 0.1) is 5.41 Å². The average molecular weight is 386 g/mol. The highest BCUT2D eigenvalue weighted by Gasteiger charge is 2.37. The van der Waals surface area contributed by atoms with E-state index in [0.717, 1.165) is 65.3 Å². The van der Waals surface area contributed by atoms with Gasteiger partial charge in [0.1, 0.15) is 0 Å². The highest BCUT2D eigenvalue weighted by molar-refractivity contribution is 5.74. The van der Waals surface area contributed by atoms with Gasteiger partial charge in [-0.1, -0.05) is 30.3 Å². The van der Waals surface area contributed by atoms with Gasteiger partial charge in [-0.15, -0.1) is 0 Å². The third-order valence-corrected chi connectivity index (χ3v) is 7.15. The van der Waals surface area contributed by atoms with E-state index >= 15 is 0 Å². The van der Waals surface area contributed by atoms with Gasteiger partial charge in [-0.3, -0.25) is 0 Å². The summed E-state index contributed by atoms with van der Waals surface area (Å²) in [6.07, 6.45) is 7.11. The topological polar surface area (TPSA) is 44.8 Å². The summed E-state index contributed by atoms with van der Waals surface area (Å²) in [6.45, 7) is 7.52. The summed E-state index contributed by atoms with van der Waals surface area (Å²) in [5, 5.41) is 3.17. The number of nitrogens with one attached hydrogen (secondary N) is 1. The first-order valence-corrected chi connectivity index (χ1v) is 11.1. The van der Waals surface area contributed by atoms with Gasteiger partial charge in [0.05, 0.1) is 0 Å². The van der Waals surface area contributed by atoms with E-state index in [2.05, 4.69) is 40.5 Å². The van der Waals surface area contributed by atoms with Gasteiger partial charge in [-0.25, -0.2) is 4.79 Å². The predicted octanol–water partition coefficient (Wildman–Crippen LogP) is 3.47. The lowest BCUT2D eigenvalue weighted by atomic mass is 9.72. The molecule has 0 aliphatic carbocycles. The van der Waals surface area contributed by atoms with Crippen LogP contribution in [0.15, 0.2) is 30.3 Å². The van der Waals surface area contributed by atoms with Crippen molar-refractivity contribution in [1.82, 2.24) is 15.1 Å². The Labute approximate surface area is 169 Å². The normalized spacial score (nSPS) is 25.6. The second-order valence-corrected chi connectivity index (χ2v) is 8.88. The highest BCUT2D eigenvalue weighted by Crippen LogP contribution is 2.40. The Balaban J connectivity index is 1.17. The first kappa shape index (κ1) is 19.7. The van der Waals surface area contributed by atoms with Crippen molar-refractivity contribution in [1.29, 1.82) is 0 Å². The average Bonchev–Trinajstić information content (AvgIpc) is 2.76. The van der Waals surface area contributed by atoms with Gasteiger partial charge in [-0.2, -0.15) is 0 Å². The summed E-state index contributed by atoms with van der Waals surface area (Å²) in [6, 6.07) is 11.0. The van der Waals surface area contributed by atoms with Crippen molar-refractivity contribution in [3.8, 4) is 0 Å². The molecule has 1 aromatic carbocycles. The molecule has 3 aliphatic heterocycles. The maximum Gasteiger partial charge on any atom is 0.317 e. The Kier molecular flexibility index (Phi) is 6.53. The fourth-order valence-electron chi connectivity index (χ4n) is 5.18. The number of carbonyl (C=O) groups is 1. The molecule has 3 saturated heterocycles. The van der Waals surface area contributed by atoms with Crippen LogP contribution in [0.2, 0.25) is 0 Å². The monoisotopic (exact) mass is 385 g/mol. The number of urea groups is 1. The van der Waals surface area contributed by atoms with Gasteiger partial charge in [0.25, 0.3) is 0 Å². The zero-order valence-corrected chi connectivity index (χ0v) is 17.1. The Morgan fingerprint density at radius 1 is 1.07 bits per heavy atom. The van der Waals surface area contributed by atoms with Crippen molar-refractivity contribution < 1.29 is 9.53 Å². The molecule has 1 aromatic rings. The lowest BCUT2D eigenvalue weighted by Crippen LogP contribution is -2.50. The van der Waals surface area contributed by atoms with Crippen LogP contribution in [0.4, 0.5) is 4.79 Å². The second kappa shape index (κ2) is 9.27. The predicted molar refractivity (Wildman–Crippen MR) is 112 cm³/mol. The summed E-state index contributed by atoms with van der Waals surface area (Å²) in [5.74, 6) is 0.628. The molecule has 28 heavy (non-hydrogen) atoms. The molecule has 3 aliphatic rings. The van der Waals surface area contributed by atoms with Gasteiger partial charge in [-0.05, 0) is 62.0 Å². The standard InChI is InChI=1S/C23H35N3O2/c27-22(26-14-8-23(9-15-26)10-17-28-18-11-23)24-12-16-25-13-4-7-21(19-25)20-5-2-1-3-6-20/h1-3,5-6,21H,4,7-19H2,(H,24,27)/t21-/m1/s1. The number of nitrogens with zero attached hydrogens (tertiary/aromatic N) is 2. The van der Waals surface area contributed by atoms with E-state index in [0.29, 0.717) is 11.3 Å². The van der Waals surface area contributed by atoms with E-state index in [4.69, 9.17) is 4.74 Å². The third-order valence-electron chi connectivity index (χ3n) is 7.15. The molecule has 1 atom stereocenters. The molecule has 5 heteroatoms. The lowest BCUT2D eigenvalue weighted by Gasteiger charge is -2.44. The lowest BCUT2D eigenvalue weighted by molar-refractivity contribution is -0.0145. The number of hydrogen-bond donors (Lipinski definition) is 1. The minimum atomic E-state index is 0.124. The van der Waals surface area contributed by atoms with Crippen LogP contribution in [0.3, 0.4) is 0 Å². The van der Waals surface area contributed by atoms with Crippen molar-refractivity contribution in [3.05, 3.63) is 35.9 Å². The molecule has 2 amide bonds. The summed E-state index contributed by atoms with van der Waals surface area (Å²) < 4.78 is 5.52. The Morgan fingerprint density at radius 2 is 1.82 bits per heavy atom. The molecular formula is C23H35N3O2. The fraction of sp³-hybridized carbons (Fsp3) is 0.696. The van der Waals surface area contributed by atoms with Crippen molar-refractivity contribution in [2.45, 2.75) is 44.4 Å². The van der Waals surface area contributed by atoms with Gasteiger partial charge < -0.3 is 19.9 Å². The number of likely N-dealkylation sites (tertiary alicyclic amines) is 2. The summed E-state index contributed by atoms with van der Waals surface area (Å²) >= 11 is 0. The van der Waals surface area contributed by atoms with E-state index in [-0.39, 0.29) is 6.03 Å². The third kappa shape index (κ3) is 4.87. The number of piperidine rings is 2. The molecule has 0 radical (unpaired) electrons. The molecule has 5 nitrogen and oxygen atoms in total. The van der Waals surface area contributed by atoms with E-state index in [1.165, 1.54) is 31.2 Å². The zero-order valence-electron chi connectivity index (χ0n) is 17.1. The van der Waals surface area contributed by atoms with E-state index < -0.39 is 0 Å². The Hall–Kier alpha value is -1.59. The summed E-state index contributed by atoms with van der Waals surface area (Å²) in [4.78, 5) is 17.1. The molecule has 3 heterocycles. The molecule has 0 unspecified atom stereocenters. The molecule has 0 saturated carbocycles. The van der Waals surface area contributed by atoms with Crippen LogP contribution in [-0.4, -0.2) is 68.3 Å². The number of hydrogen-bond acceptors (Lipinski definition) is 3. The second-order valence-electron chi connectivity index (χ2n) is 8.88. The highest BCUT2D eigenvalue weighted by atomic mass is 16.5. The van der Waals surface area contributed by atoms with Crippen LogP contribution in [0.25, 0.3) is 0 Å². The maximum absolute atomic E-state index is 12.6. The minimum absolute atomic E-state index is 0.124. The number of rotatable bonds is 4. The van der Waals surface area contributed by atoms with E-state index in [9.17, 15) is 4.79 Å². The van der Waals surface area contributed by atoms with Crippen LogP contribution in [0.1, 0.15) is 50.0 Å². The number of ether oxygens (including phenoxy) is 1. The molecule has 1 N–H and O–H groups in total.